The number of benzene rings is 1. The molecule has 0 aliphatic carbocycles. The molecule has 21 heavy (non-hydrogen) atoms. The van der Waals surface area contributed by atoms with Gasteiger partial charge in [0.05, 0.1) is 0 Å². The number of aliphatic imine (C=N–C) groups is 1. The molecule has 0 fully saturated rings. The third-order valence-corrected chi connectivity index (χ3v) is 2.99. The molecular weight excluding hydrogens is 379 g/mol. The van der Waals surface area contributed by atoms with E-state index in [4.69, 9.17) is 5.73 Å². The molecule has 0 radical (unpaired) electrons. The van der Waals surface area contributed by atoms with Gasteiger partial charge >= 0.3 is 0 Å². The summed E-state index contributed by atoms with van der Waals surface area (Å²) in [6, 6.07) is 9.65. The summed E-state index contributed by atoms with van der Waals surface area (Å²) in [5.41, 5.74) is 6.69. The quantitative estimate of drug-likeness (QED) is 0.318. The van der Waals surface area contributed by atoms with Crippen LogP contribution in [0.2, 0.25) is 0 Å². The molecule has 0 bridgehead atoms. The van der Waals surface area contributed by atoms with Gasteiger partial charge < -0.3 is 16.0 Å². The van der Waals surface area contributed by atoms with E-state index >= 15 is 0 Å². The van der Waals surface area contributed by atoms with Crippen LogP contribution >= 0.6 is 24.0 Å². The van der Waals surface area contributed by atoms with Crippen molar-refractivity contribution in [2.75, 3.05) is 25.0 Å². The van der Waals surface area contributed by atoms with Crippen LogP contribution in [0.3, 0.4) is 0 Å². The SMILES string of the molecule is CCN(CC)C(=O)CCCN=C(N)Nc1ccccc1.I. The Bertz CT molecular complexity index is 433. The number of hydrogen-bond donors (Lipinski definition) is 2. The van der Waals surface area contributed by atoms with Crippen LogP contribution in [-0.2, 0) is 4.79 Å². The predicted molar refractivity (Wildman–Crippen MR) is 99.1 cm³/mol. The van der Waals surface area contributed by atoms with Gasteiger partial charge in [-0.2, -0.15) is 0 Å². The summed E-state index contributed by atoms with van der Waals surface area (Å²) in [6.07, 6.45) is 1.23. The molecule has 0 aliphatic heterocycles. The van der Waals surface area contributed by atoms with Gasteiger partial charge in [-0.15, -0.1) is 24.0 Å². The first-order valence-electron chi connectivity index (χ1n) is 7.07. The maximum Gasteiger partial charge on any atom is 0.222 e. The number of halogens is 1. The van der Waals surface area contributed by atoms with Crippen molar-refractivity contribution in [3.05, 3.63) is 30.3 Å². The molecule has 0 saturated heterocycles. The van der Waals surface area contributed by atoms with Crippen LogP contribution in [-0.4, -0.2) is 36.4 Å². The smallest absolute Gasteiger partial charge is 0.222 e. The topological polar surface area (TPSA) is 70.7 Å². The van der Waals surface area contributed by atoms with E-state index in [-0.39, 0.29) is 29.9 Å². The molecule has 0 spiro atoms. The van der Waals surface area contributed by atoms with Gasteiger partial charge in [-0.05, 0) is 32.4 Å². The van der Waals surface area contributed by atoms with Gasteiger partial charge in [-0.25, -0.2) is 0 Å². The van der Waals surface area contributed by atoms with Gasteiger partial charge in [-0.1, -0.05) is 18.2 Å². The fourth-order valence-corrected chi connectivity index (χ4v) is 1.87. The normalized spacial score (nSPS) is 10.7. The maximum atomic E-state index is 11.8. The number of para-hydroxylation sites is 1. The highest BCUT2D eigenvalue weighted by Crippen LogP contribution is 2.04. The second kappa shape index (κ2) is 11.4. The van der Waals surface area contributed by atoms with Gasteiger partial charge in [0.15, 0.2) is 5.96 Å². The summed E-state index contributed by atoms with van der Waals surface area (Å²) < 4.78 is 0. The Morgan fingerprint density at radius 1 is 1.24 bits per heavy atom. The molecule has 1 amide bonds. The van der Waals surface area contributed by atoms with Crippen molar-refractivity contribution in [2.24, 2.45) is 10.7 Å². The number of rotatable bonds is 7. The lowest BCUT2D eigenvalue weighted by Crippen LogP contribution is -2.30. The van der Waals surface area contributed by atoms with Gasteiger partial charge in [-0.3, -0.25) is 9.79 Å². The Morgan fingerprint density at radius 2 is 1.86 bits per heavy atom. The third-order valence-electron chi connectivity index (χ3n) is 2.99. The van der Waals surface area contributed by atoms with Crippen molar-refractivity contribution in [3.8, 4) is 0 Å². The molecule has 0 atom stereocenters. The number of nitrogens with two attached hydrogens (primary N) is 1. The Kier molecular flexibility index (Phi) is 10.7. The molecule has 1 aromatic rings. The molecule has 0 unspecified atom stereocenters. The lowest BCUT2D eigenvalue weighted by Gasteiger charge is -2.18. The van der Waals surface area contributed by atoms with Crippen LogP contribution < -0.4 is 11.1 Å². The van der Waals surface area contributed by atoms with E-state index in [0.29, 0.717) is 25.3 Å². The highest BCUT2D eigenvalue weighted by atomic mass is 127. The Hall–Kier alpha value is -1.31. The van der Waals surface area contributed by atoms with Gasteiger partial charge in [0.25, 0.3) is 0 Å². The van der Waals surface area contributed by atoms with Crippen molar-refractivity contribution in [3.63, 3.8) is 0 Å². The van der Waals surface area contributed by atoms with E-state index in [1.54, 1.807) is 0 Å². The summed E-state index contributed by atoms with van der Waals surface area (Å²) in [5.74, 6) is 0.561. The van der Waals surface area contributed by atoms with Crippen LogP contribution in [0, 0.1) is 0 Å². The zero-order chi connectivity index (χ0) is 14.8. The zero-order valence-electron chi connectivity index (χ0n) is 12.7. The molecular formula is C15H25IN4O. The molecule has 0 aliphatic rings. The largest absolute Gasteiger partial charge is 0.370 e. The molecule has 3 N–H and O–H groups in total. The van der Waals surface area contributed by atoms with Crippen LogP contribution in [0.4, 0.5) is 5.69 Å². The number of carbonyl (C=O) groups is 1. The number of guanidine groups is 1. The minimum Gasteiger partial charge on any atom is -0.370 e. The Balaban J connectivity index is 0.00000400. The number of carbonyl (C=O) groups excluding carboxylic acids is 1. The van der Waals surface area contributed by atoms with Crippen LogP contribution in [0.15, 0.2) is 35.3 Å². The van der Waals surface area contributed by atoms with E-state index < -0.39 is 0 Å². The first-order chi connectivity index (χ1) is 9.67. The molecule has 0 saturated carbocycles. The minimum atomic E-state index is 0. The van der Waals surface area contributed by atoms with Crippen LogP contribution in [0.1, 0.15) is 26.7 Å². The molecule has 0 heterocycles. The van der Waals surface area contributed by atoms with E-state index in [1.165, 1.54) is 0 Å². The van der Waals surface area contributed by atoms with E-state index in [0.717, 1.165) is 18.8 Å². The van der Waals surface area contributed by atoms with Crippen molar-refractivity contribution < 1.29 is 4.79 Å². The standard InChI is InChI=1S/C15H24N4O.HI/c1-3-19(4-2)14(20)11-8-12-17-15(16)18-13-9-6-5-7-10-13;/h5-7,9-10H,3-4,8,11-12H2,1-2H3,(H3,16,17,18);1H. The van der Waals surface area contributed by atoms with Crippen molar-refractivity contribution in [1.82, 2.24) is 4.90 Å². The number of anilines is 1. The second-order valence-corrected chi connectivity index (χ2v) is 4.43. The summed E-state index contributed by atoms with van der Waals surface area (Å²) in [5, 5.41) is 3.01. The van der Waals surface area contributed by atoms with Crippen molar-refractivity contribution in [1.29, 1.82) is 0 Å². The highest BCUT2D eigenvalue weighted by molar-refractivity contribution is 14.0. The summed E-state index contributed by atoms with van der Waals surface area (Å²) >= 11 is 0. The van der Waals surface area contributed by atoms with Gasteiger partial charge in [0, 0.05) is 31.7 Å². The summed E-state index contributed by atoms with van der Waals surface area (Å²) in [7, 11) is 0. The second-order valence-electron chi connectivity index (χ2n) is 4.43. The van der Waals surface area contributed by atoms with Crippen molar-refractivity contribution >= 4 is 41.5 Å². The Morgan fingerprint density at radius 3 is 2.43 bits per heavy atom. The minimum absolute atomic E-state index is 0. The Labute approximate surface area is 144 Å². The average Bonchev–Trinajstić information content (AvgIpc) is 2.46. The molecule has 6 heteroatoms. The summed E-state index contributed by atoms with van der Waals surface area (Å²) in [6.45, 7) is 6.05. The number of nitrogens with zero attached hydrogens (tertiary/aromatic N) is 2. The number of hydrogen-bond acceptors (Lipinski definition) is 2. The van der Waals surface area contributed by atoms with E-state index in [2.05, 4.69) is 10.3 Å². The first kappa shape index (κ1) is 19.7. The molecule has 118 valence electrons. The first-order valence-corrected chi connectivity index (χ1v) is 7.07. The van der Waals surface area contributed by atoms with Crippen LogP contribution in [0.25, 0.3) is 0 Å². The fourth-order valence-electron chi connectivity index (χ4n) is 1.87. The molecule has 0 aromatic heterocycles. The van der Waals surface area contributed by atoms with E-state index in [1.807, 2.05) is 49.1 Å². The molecule has 1 aromatic carbocycles. The maximum absolute atomic E-state index is 11.8. The lowest BCUT2D eigenvalue weighted by atomic mass is 10.2. The highest BCUT2D eigenvalue weighted by Gasteiger charge is 2.08. The molecule has 5 nitrogen and oxygen atoms in total. The third kappa shape index (κ3) is 7.89. The predicted octanol–water partition coefficient (Wildman–Crippen LogP) is 2.68. The lowest BCUT2D eigenvalue weighted by molar-refractivity contribution is -0.130. The number of amides is 1. The monoisotopic (exact) mass is 404 g/mol. The zero-order valence-corrected chi connectivity index (χ0v) is 15.0. The van der Waals surface area contributed by atoms with Gasteiger partial charge in [0.1, 0.15) is 0 Å². The molecule has 1 rings (SSSR count). The van der Waals surface area contributed by atoms with Gasteiger partial charge in [0.2, 0.25) is 5.91 Å². The van der Waals surface area contributed by atoms with Crippen molar-refractivity contribution in [2.45, 2.75) is 26.7 Å². The average molecular weight is 404 g/mol. The van der Waals surface area contributed by atoms with Crippen LogP contribution in [0.5, 0.6) is 0 Å². The van der Waals surface area contributed by atoms with E-state index in [9.17, 15) is 4.79 Å². The number of nitrogens with one attached hydrogen (secondary N) is 1. The summed E-state index contributed by atoms with van der Waals surface area (Å²) in [4.78, 5) is 17.8. The fraction of sp³-hybridized carbons (Fsp3) is 0.467.